The number of aromatic nitrogens is 4. The molecule has 0 amide bonds. The molecule has 7 heteroatoms. The molecule has 3 aromatic heterocycles. The first-order valence-corrected chi connectivity index (χ1v) is 27.9. The minimum absolute atomic E-state index is 0. The third kappa shape index (κ3) is 8.63. The zero-order valence-corrected chi connectivity index (χ0v) is 47.8. The summed E-state index contributed by atoms with van der Waals surface area (Å²) in [5.41, 5.74) is 2.05. The molecule has 14 rings (SSSR count). The van der Waals surface area contributed by atoms with Crippen molar-refractivity contribution in [2.24, 2.45) is 0 Å². The van der Waals surface area contributed by atoms with Crippen LogP contribution >= 0.6 is 0 Å². The van der Waals surface area contributed by atoms with Crippen LogP contribution in [0.1, 0.15) is 82.8 Å². The molecule has 0 N–H and O–H groups in total. The smallest absolute Gasteiger partial charge is 0.253 e. The Bertz CT molecular complexity index is 5650. The molecule has 0 radical (unpaired) electrons. The van der Waals surface area contributed by atoms with Crippen molar-refractivity contribution < 1.29 is 60.5 Å². The number of para-hydroxylation sites is 3. The molecule has 0 aliphatic carbocycles. The number of nitrogens with zero attached hydrogens (tertiary/aromatic N) is 4. The molecule has 0 spiro atoms. The second-order valence-corrected chi connectivity index (χ2v) is 25.1. The molecule has 396 valence electrons. The first-order chi connectivity index (χ1) is 48.1. The van der Waals surface area contributed by atoms with Crippen LogP contribution < -0.4 is 30.1 Å². The predicted octanol–water partition coefficient (Wildman–Crippen LogP) is 15.1. The summed E-state index contributed by atoms with van der Waals surface area (Å²) < 4.78 is 225. The summed E-state index contributed by atoms with van der Waals surface area (Å²) in [6.07, 6.45) is 3.50. The molecule has 0 saturated carbocycles. The maximum Gasteiger partial charge on any atom is 0.253 e. The molecule has 0 bridgehead atoms. The third-order valence-electron chi connectivity index (χ3n) is 14.7. The average molecular weight is 1270 g/mol. The number of benzene rings is 10. The van der Waals surface area contributed by atoms with Crippen LogP contribution in [0.5, 0.6) is 11.5 Å². The maximum atomic E-state index is 11.3. The second kappa shape index (κ2) is 20.1. The van der Waals surface area contributed by atoms with E-state index in [1.165, 1.54) is 0 Å². The number of rotatable bonds is 8. The van der Waals surface area contributed by atoms with Crippen LogP contribution in [-0.2, 0) is 31.9 Å². The molecule has 81 heavy (non-hydrogen) atoms. The monoisotopic (exact) mass is 1260 g/mol. The van der Waals surface area contributed by atoms with Gasteiger partial charge in [-0.1, -0.05) is 229 Å². The Morgan fingerprint density at radius 1 is 0.519 bits per heavy atom. The average Bonchev–Trinajstić information content (AvgIpc) is 1.61. The van der Waals surface area contributed by atoms with Crippen LogP contribution in [0.2, 0.25) is 0 Å². The number of ether oxygens (including phenoxy) is 1. The van der Waals surface area contributed by atoms with Crippen LogP contribution in [0.4, 0.5) is 0 Å². The molecule has 1 aliphatic heterocycles. The summed E-state index contributed by atoms with van der Waals surface area (Å²) >= 11 is 0. The molecule has 0 saturated heterocycles. The Labute approximate surface area is 520 Å². The Morgan fingerprint density at radius 3 is 1.81 bits per heavy atom. The summed E-state index contributed by atoms with van der Waals surface area (Å²) in [7, 11) is -6.36. The minimum atomic E-state index is -6.36. The first-order valence-electron chi connectivity index (χ1n) is 36.9. The van der Waals surface area contributed by atoms with Crippen molar-refractivity contribution in [2.45, 2.75) is 52.4 Å². The summed E-state index contributed by atoms with van der Waals surface area (Å²) in [5.74, 6) is 1.27. The van der Waals surface area contributed by atoms with Gasteiger partial charge in [0.15, 0.2) is 19.1 Å². The van der Waals surface area contributed by atoms with E-state index in [1.54, 1.807) is 76.3 Å². The van der Waals surface area contributed by atoms with Gasteiger partial charge in [0.1, 0.15) is 11.5 Å². The summed E-state index contributed by atoms with van der Waals surface area (Å²) in [5, 5.41) is -2.04. The number of pyridine rings is 1. The largest absolute Gasteiger partial charge is 0.509 e. The van der Waals surface area contributed by atoms with Gasteiger partial charge in [0.25, 0.3) is 6.33 Å². The number of hydrogen-bond donors (Lipinski definition) is 0. The fourth-order valence-corrected chi connectivity index (χ4v) is 14.6. The van der Waals surface area contributed by atoms with E-state index in [0.29, 0.717) is 39.4 Å². The number of imidazole rings is 1. The van der Waals surface area contributed by atoms with E-state index < -0.39 is 184 Å². The number of fused-ring (bicyclic) bond motifs is 10. The molecule has 5 nitrogen and oxygen atoms in total. The Kier molecular flexibility index (Phi) is 8.09. The molecular weight excluding hydrogens is 1180 g/mol. The molecule has 0 fully saturated rings. The van der Waals surface area contributed by atoms with Crippen LogP contribution in [-0.4, -0.2) is 22.2 Å². The van der Waals surface area contributed by atoms with E-state index in [1.807, 2.05) is 67.8 Å². The van der Waals surface area contributed by atoms with Gasteiger partial charge in [-0.05, 0) is 95.1 Å². The van der Waals surface area contributed by atoms with Crippen molar-refractivity contribution in [3.63, 3.8) is 0 Å². The number of hydrogen-bond acceptors (Lipinski definition) is 2. The van der Waals surface area contributed by atoms with E-state index in [4.69, 9.17) is 13.8 Å². The van der Waals surface area contributed by atoms with Crippen LogP contribution in [0.25, 0.3) is 83.4 Å². The first kappa shape index (κ1) is 32.5. The predicted molar refractivity (Wildman–Crippen MR) is 332 cm³/mol. The van der Waals surface area contributed by atoms with Crippen molar-refractivity contribution in [2.75, 3.05) is 0 Å². The van der Waals surface area contributed by atoms with E-state index in [-0.39, 0.29) is 54.6 Å². The molecule has 13 aromatic rings. The topological polar surface area (TPSA) is 35.9 Å². The molecule has 1 aliphatic rings. The Balaban J connectivity index is 0.00000945. The van der Waals surface area contributed by atoms with E-state index in [2.05, 4.69) is 39.0 Å². The van der Waals surface area contributed by atoms with Crippen LogP contribution in [0.15, 0.2) is 249 Å². The van der Waals surface area contributed by atoms with Gasteiger partial charge < -0.3 is 9.30 Å². The van der Waals surface area contributed by atoms with Gasteiger partial charge in [0.2, 0.25) is 0 Å². The van der Waals surface area contributed by atoms with E-state index >= 15 is 0 Å². The summed E-state index contributed by atoms with van der Waals surface area (Å²) in [6.45, 7) is 12.1. The maximum absolute atomic E-state index is 11.3. The Morgan fingerprint density at radius 2 is 1.12 bits per heavy atom. The van der Waals surface area contributed by atoms with Gasteiger partial charge in [-0.25, -0.2) is 9.55 Å². The van der Waals surface area contributed by atoms with Crippen molar-refractivity contribution in [3.8, 4) is 62.1 Å². The SMILES string of the molecule is [2H]c1c([2H])c([2H])c([Si](c2c([2H])c([2H])c([2H])c([2H])c2[2H])(c2c([2H])c([2H])c([2H])c([2H])c2[2H])c2c([2H])c([2H])c3c(c2[2H])-c2cccc(C(C)(C)C)c2-[n+]2cn(-c4[c-]c(Oc5[c-]c6c(cc5)c5ccccc5n6-c5cc(C(C)(C)C)ccn5)ccc4)c4cccc(c42)-c2c([2H])c([2H])c([2H])c([2H])c2-3)c([2H])c1[2H].[Pt]. The fourth-order valence-electron chi connectivity index (χ4n) is 11.1. The fraction of sp³-hybridized carbons (Fsp3) is 0.108. The second-order valence-electron chi connectivity index (χ2n) is 21.6. The molecule has 0 unspecified atom stereocenters. The standard InChI is InChI=1S/C74H59N4OSi.Pt/c1-73(2,3)50-43-44-75-70(45-50)78-67-37-19-18-33-61(67)62-41-39-53(47-69(62)78)79-52-24-20-23-51(46-52)76-49-77-71-64(34-21-36-66(71)74(4,5)6)65-48-57(40-42-60(65)58-31-16-17-32-59(58)63-35-22-38-68(76)72(63)77)80(54-25-10-7-11-26-54,55-27-12-8-13-28-55)56-29-14-9-15-30-56;/h7-45,48-49H,1-6H3;/q-1;/i7D,8D,9D,10D,11D,12D,13D,14D,15D,16D,17D,25D,26D,27D,28D,29D,30D,31D,32D,40D,42D,48D;. The van der Waals surface area contributed by atoms with Gasteiger partial charge in [-0.3, -0.25) is 0 Å². The molecule has 0 atom stereocenters. The quantitative estimate of drug-likeness (QED) is 0.0658. The van der Waals surface area contributed by atoms with Crippen molar-refractivity contribution in [1.29, 1.82) is 0 Å². The molecular formula is C74H59N4OPtSi-. The normalized spacial score (nSPS) is 16.0. The van der Waals surface area contributed by atoms with Gasteiger partial charge >= 0.3 is 0 Å². The van der Waals surface area contributed by atoms with Crippen LogP contribution in [0, 0.1) is 12.1 Å². The van der Waals surface area contributed by atoms with Gasteiger partial charge in [0.05, 0.1) is 30.2 Å². The molecule has 10 aromatic carbocycles. The molecule has 4 heterocycles. The van der Waals surface area contributed by atoms with Crippen molar-refractivity contribution in [1.82, 2.24) is 14.1 Å². The van der Waals surface area contributed by atoms with Crippen molar-refractivity contribution in [3.05, 3.63) is 272 Å². The van der Waals surface area contributed by atoms with Gasteiger partial charge in [-0.15, -0.1) is 29.7 Å². The third-order valence-corrected chi connectivity index (χ3v) is 18.7. The zero-order valence-electron chi connectivity index (χ0n) is 66.5. The Hall–Kier alpha value is -8.67. The summed E-state index contributed by atoms with van der Waals surface area (Å²) in [4.78, 5) is 4.83. The van der Waals surface area contributed by atoms with E-state index in [0.717, 1.165) is 21.9 Å². The van der Waals surface area contributed by atoms with Gasteiger partial charge in [-0.2, -0.15) is 16.7 Å². The van der Waals surface area contributed by atoms with Gasteiger partial charge in [0, 0.05) is 66.7 Å². The minimum Gasteiger partial charge on any atom is -0.509 e. The van der Waals surface area contributed by atoms with E-state index in [9.17, 15) is 26.0 Å². The van der Waals surface area contributed by atoms with Crippen molar-refractivity contribution >= 4 is 61.7 Å². The van der Waals surface area contributed by atoms with Crippen LogP contribution in [0.3, 0.4) is 0 Å². The summed E-state index contributed by atoms with van der Waals surface area (Å²) in [6, 6.07) is 15.7. The zero-order chi connectivity index (χ0) is 73.5.